The number of rotatable bonds is 6. The normalized spacial score (nSPS) is 11.3. The molecule has 0 unspecified atom stereocenters. The van der Waals surface area contributed by atoms with Gasteiger partial charge in [0.1, 0.15) is 6.07 Å². The molecule has 0 atom stereocenters. The second-order valence-electron chi connectivity index (χ2n) is 5.47. The molecule has 0 aromatic heterocycles. The zero-order chi connectivity index (χ0) is 16.0. The number of halogens is 1. The Hall–Kier alpha value is -1.61. The van der Waals surface area contributed by atoms with Gasteiger partial charge in [-0.2, -0.15) is 5.26 Å². The fourth-order valence-electron chi connectivity index (χ4n) is 1.91. The maximum absolute atomic E-state index is 12.0. The summed E-state index contributed by atoms with van der Waals surface area (Å²) < 4.78 is 0. The van der Waals surface area contributed by atoms with Gasteiger partial charge in [0.2, 0.25) is 5.91 Å². The van der Waals surface area contributed by atoms with Crippen LogP contribution in [0, 0.1) is 11.3 Å². The highest BCUT2D eigenvalue weighted by molar-refractivity contribution is 6.32. The Morgan fingerprint density at radius 2 is 2.19 bits per heavy atom. The van der Waals surface area contributed by atoms with Crippen LogP contribution in [0.4, 0.5) is 5.69 Å². The van der Waals surface area contributed by atoms with Gasteiger partial charge < -0.3 is 10.4 Å². The van der Waals surface area contributed by atoms with E-state index >= 15 is 0 Å². The van der Waals surface area contributed by atoms with Crippen molar-refractivity contribution in [2.45, 2.75) is 26.4 Å². The van der Waals surface area contributed by atoms with Crippen molar-refractivity contribution >= 4 is 23.2 Å². The molecule has 2 N–H and O–H groups in total. The number of nitriles is 1. The predicted molar refractivity (Wildman–Crippen MR) is 83.2 cm³/mol. The molecule has 1 rings (SSSR count). The van der Waals surface area contributed by atoms with Crippen molar-refractivity contribution in [1.29, 1.82) is 5.26 Å². The van der Waals surface area contributed by atoms with Gasteiger partial charge in [0.25, 0.3) is 0 Å². The van der Waals surface area contributed by atoms with E-state index < -0.39 is 5.60 Å². The Labute approximate surface area is 130 Å². The van der Waals surface area contributed by atoms with Gasteiger partial charge in [-0.15, -0.1) is 0 Å². The molecule has 1 aromatic carbocycles. The van der Waals surface area contributed by atoms with E-state index in [1.165, 1.54) is 0 Å². The number of amides is 1. The van der Waals surface area contributed by atoms with E-state index in [1.54, 1.807) is 32.0 Å². The monoisotopic (exact) mass is 309 g/mol. The summed E-state index contributed by atoms with van der Waals surface area (Å²) in [6.45, 7) is 6.58. The van der Waals surface area contributed by atoms with E-state index in [9.17, 15) is 9.90 Å². The quantitative estimate of drug-likeness (QED) is 0.845. The highest BCUT2D eigenvalue weighted by atomic mass is 35.5. The minimum Gasteiger partial charge on any atom is -0.389 e. The van der Waals surface area contributed by atoms with E-state index in [0.717, 1.165) is 0 Å². The molecule has 0 radical (unpaired) electrons. The predicted octanol–water partition coefficient (Wildman–Crippen LogP) is 2.24. The summed E-state index contributed by atoms with van der Waals surface area (Å²) in [5.74, 6) is -0.193. The molecular formula is C15H20ClN3O2. The molecule has 0 heterocycles. The van der Waals surface area contributed by atoms with Crippen molar-refractivity contribution in [1.82, 2.24) is 4.90 Å². The van der Waals surface area contributed by atoms with Gasteiger partial charge in [0, 0.05) is 12.2 Å². The molecule has 0 saturated heterocycles. The lowest BCUT2D eigenvalue weighted by Crippen LogP contribution is -2.42. The highest BCUT2D eigenvalue weighted by Gasteiger charge is 2.19. The lowest BCUT2D eigenvalue weighted by atomic mass is 10.1. The number of hydrogen-bond donors (Lipinski definition) is 2. The Balaban J connectivity index is 2.65. The van der Waals surface area contributed by atoms with Crippen molar-refractivity contribution in [2.75, 3.05) is 25.0 Å². The molecule has 6 heteroatoms. The fourth-order valence-corrected chi connectivity index (χ4v) is 2.14. The Morgan fingerprint density at radius 1 is 1.52 bits per heavy atom. The molecule has 5 nitrogen and oxygen atoms in total. The largest absolute Gasteiger partial charge is 0.389 e. The number of nitrogens with one attached hydrogen (secondary N) is 1. The minimum atomic E-state index is -0.853. The average Bonchev–Trinajstić information content (AvgIpc) is 2.36. The van der Waals surface area contributed by atoms with Gasteiger partial charge in [-0.1, -0.05) is 18.5 Å². The Morgan fingerprint density at radius 3 is 2.67 bits per heavy atom. The second kappa shape index (κ2) is 7.41. The standard InChI is InChI=1S/C15H20ClN3O2/c1-4-19(10-15(2,3)21)9-14(20)18-12-6-5-11(8-17)13(16)7-12/h5-7,21H,4,9-10H2,1-3H3,(H,18,20). The molecule has 0 aliphatic rings. The van der Waals surface area contributed by atoms with E-state index in [-0.39, 0.29) is 12.5 Å². The first kappa shape index (κ1) is 17.4. The third-order valence-corrected chi connectivity index (χ3v) is 3.11. The first-order chi connectivity index (χ1) is 9.75. The molecule has 0 spiro atoms. The summed E-state index contributed by atoms with van der Waals surface area (Å²) in [7, 11) is 0. The van der Waals surface area contributed by atoms with Crippen LogP contribution in [-0.4, -0.2) is 41.1 Å². The number of likely N-dealkylation sites (N-methyl/N-ethyl adjacent to an activating group) is 1. The summed E-state index contributed by atoms with van der Waals surface area (Å²) in [4.78, 5) is 13.8. The second-order valence-corrected chi connectivity index (χ2v) is 5.88. The Bertz CT molecular complexity index is 547. The highest BCUT2D eigenvalue weighted by Crippen LogP contribution is 2.20. The summed E-state index contributed by atoms with van der Waals surface area (Å²) in [5.41, 5.74) is 0.0591. The number of aliphatic hydroxyl groups is 1. The fraction of sp³-hybridized carbons (Fsp3) is 0.467. The zero-order valence-electron chi connectivity index (χ0n) is 12.5. The summed E-state index contributed by atoms with van der Waals surface area (Å²) in [6, 6.07) is 6.70. The SMILES string of the molecule is CCN(CC(=O)Nc1ccc(C#N)c(Cl)c1)CC(C)(C)O. The van der Waals surface area contributed by atoms with Crippen LogP contribution in [0.25, 0.3) is 0 Å². The van der Waals surface area contributed by atoms with Crippen molar-refractivity contribution in [3.8, 4) is 6.07 Å². The lowest BCUT2D eigenvalue weighted by molar-refractivity contribution is -0.117. The number of carbonyl (C=O) groups excluding carboxylic acids is 1. The van der Waals surface area contributed by atoms with Crippen LogP contribution in [0.3, 0.4) is 0 Å². The van der Waals surface area contributed by atoms with Crippen LogP contribution in [0.1, 0.15) is 26.3 Å². The van der Waals surface area contributed by atoms with Crippen LogP contribution < -0.4 is 5.32 Å². The minimum absolute atomic E-state index is 0.179. The summed E-state index contributed by atoms with van der Waals surface area (Å²) >= 11 is 5.92. The van der Waals surface area contributed by atoms with Crippen LogP contribution >= 0.6 is 11.6 Å². The maximum atomic E-state index is 12.0. The van der Waals surface area contributed by atoms with E-state index in [4.69, 9.17) is 16.9 Å². The molecule has 0 saturated carbocycles. The van der Waals surface area contributed by atoms with Crippen molar-refractivity contribution in [3.05, 3.63) is 28.8 Å². The molecule has 0 bridgehead atoms. The molecule has 1 amide bonds. The van der Waals surface area contributed by atoms with Crippen LogP contribution in [0.15, 0.2) is 18.2 Å². The summed E-state index contributed by atoms with van der Waals surface area (Å²) in [6.07, 6.45) is 0. The van der Waals surface area contributed by atoms with Crippen molar-refractivity contribution < 1.29 is 9.90 Å². The zero-order valence-corrected chi connectivity index (χ0v) is 13.2. The number of benzene rings is 1. The van der Waals surface area contributed by atoms with Crippen LogP contribution in [0.5, 0.6) is 0 Å². The molecule has 114 valence electrons. The van der Waals surface area contributed by atoms with Crippen LogP contribution in [0.2, 0.25) is 5.02 Å². The first-order valence-electron chi connectivity index (χ1n) is 6.69. The van der Waals surface area contributed by atoms with Crippen LogP contribution in [-0.2, 0) is 4.79 Å². The van der Waals surface area contributed by atoms with E-state index in [2.05, 4.69) is 5.32 Å². The number of nitrogens with zero attached hydrogens (tertiary/aromatic N) is 2. The van der Waals surface area contributed by atoms with Crippen molar-refractivity contribution in [3.63, 3.8) is 0 Å². The molecule has 21 heavy (non-hydrogen) atoms. The smallest absolute Gasteiger partial charge is 0.238 e. The summed E-state index contributed by atoms with van der Waals surface area (Å²) in [5, 5.41) is 21.6. The third kappa shape index (κ3) is 6.13. The third-order valence-electron chi connectivity index (χ3n) is 2.80. The molecular weight excluding hydrogens is 290 g/mol. The molecule has 0 aliphatic heterocycles. The average molecular weight is 310 g/mol. The van der Waals surface area contributed by atoms with Gasteiger partial charge >= 0.3 is 0 Å². The molecule has 1 aromatic rings. The van der Waals surface area contributed by atoms with E-state index in [0.29, 0.717) is 29.4 Å². The van der Waals surface area contributed by atoms with Crippen molar-refractivity contribution in [2.24, 2.45) is 0 Å². The lowest BCUT2D eigenvalue weighted by Gasteiger charge is -2.27. The topological polar surface area (TPSA) is 76.4 Å². The van der Waals surface area contributed by atoms with Gasteiger partial charge in [-0.05, 0) is 38.6 Å². The van der Waals surface area contributed by atoms with Gasteiger partial charge in [-0.3, -0.25) is 9.69 Å². The first-order valence-corrected chi connectivity index (χ1v) is 7.07. The van der Waals surface area contributed by atoms with Gasteiger partial charge in [0.15, 0.2) is 0 Å². The Kier molecular flexibility index (Phi) is 6.16. The number of hydrogen-bond acceptors (Lipinski definition) is 4. The molecule has 0 aliphatic carbocycles. The van der Waals surface area contributed by atoms with Gasteiger partial charge in [0.05, 0.1) is 22.7 Å². The molecule has 0 fully saturated rings. The van der Waals surface area contributed by atoms with Gasteiger partial charge in [-0.25, -0.2) is 0 Å². The maximum Gasteiger partial charge on any atom is 0.238 e. The number of carbonyl (C=O) groups is 1. The van der Waals surface area contributed by atoms with E-state index in [1.807, 2.05) is 17.9 Å². The number of anilines is 1.